The van der Waals surface area contributed by atoms with E-state index >= 15 is 0 Å². The van der Waals surface area contributed by atoms with E-state index in [0.29, 0.717) is 0 Å². The fourth-order valence-corrected chi connectivity index (χ4v) is 2.78. The van der Waals surface area contributed by atoms with Crippen LogP contribution in [0.25, 0.3) is 0 Å². The van der Waals surface area contributed by atoms with Crippen LogP contribution in [0, 0.1) is 0 Å². The molecule has 1 heterocycles. The molecule has 1 aliphatic heterocycles. The maximum Gasteiger partial charge on any atom is 0.0605 e. The van der Waals surface area contributed by atoms with Gasteiger partial charge in [0.15, 0.2) is 0 Å². The smallest absolute Gasteiger partial charge is 0.0605 e. The van der Waals surface area contributed by atoms with Crippen LogP contribution in [0.3, 0.4) is 0 Å². The highest BCUT2D eigenvalue weighted by Gasteiger charge is 2.14. The molecule has 20 heavy (non-hydrogen) atoms. The van der Waals surface area contributed by atoms with Gasteiger partial charge < -0.3 is 10.2 Å². The number of nitrogens with one attached hydrogen (secondary N) is 1. The number of fused-ring (bicyclic) bond motifs is 1. The lowest BCUT2D eigenvalue weighted by Gasteiger charge is -2.24. The van der Waals surface area contributed by atoms with Crippen LogP contribution < -0.4 is 10.2 Å². The molecule has 2 aromatic carbocycles. The number of hydrogen-bond donors (Lipinski definition) is 1. The molecule has 1 aliphatic rings. The number of nitrogens with zero attached hydrogens (tertiary/aromatic N) is 1. The molecular formula is C18H22N2. The van der Waals surface area contributed by atoms with E-state index in [0.717, 1.165) is 26.1 Å². The van der Waals surface area contributed by atoms with E-state index in [-0.39, 0.29) is 0 Å². The average molecular weight is 266 g/mol. The number of anilines is 2. The van der Waals surface area contributed by atoms with E-state index in [9.17, 15) is 0 Å². The Morgan fingerprint density at radius 1 is 1.00 bits per heavy atom. The second kappa shape index (κ2) is 6.00. The Hall–Kier alpha value is -1.96. The molecule has 1 N–H and O–H groups in total. The van der Waals surface area contributed by atoms with Crippen LogP contribution in [0.1, 0.15) is 24.5 Å². The molecule has 0 aromatic heterocycles. The van der Waals surface area contributed by atoms with Gasteiger partial charge in [-0.15, -0.1) is 0 Å². The first-order valence-electron chi connectivity index (χ1n) is 7.52. The minimum Gasteiger partial charge on any atom is -0.383 e. The van der Waals surface area contributed by atoms with Gasteiger partial charge in [0.1, 0.15) is 0 Å². The minimum atomic E-state index is 0.989. The highest BCUT2D eigenvalue weighted by molar-refractivity contribution is 5.70. The first-order chi connectivity index (χ1) is 9.86. The predicted octanol–water partition coefficient (Wildman–Crippen LogP) is 4.07. The third kappa shape index (κ3) is 2.79. The third-order valence-electron chi connectivity index (χ3n) is 3.97. The van der Waals surface area contributed by atoms with Gasteiger partial charge in [-0.1, -0.05) is 43.3 Å². The summed E-state index contributed by atoms with van der Waals surface area (Å²) in [6.07, 6.45) is 2.29. The normalized spacial score (nSPS) is 14.3. The Balaban J connectivity index is 1.82. The molecule has 0 radical (unpaired) electrons. The van der Waals surface area contributed by atoms with Crippen molar-refractivity contribution >= 4 is 11.4 Å². The lowest BCUT2D eigenvalue weighted by Crippen LogP contribution is -2.23. The second-order valence-electron chi connectivity index (χ2n) is 5.39. The zero-order valence-corrected chi connectivity index (χ0v) is 12.1. The maximum absolute atomic E-state index is 3.52. The summed E-state index contributed by atoms with van der Waals surface area (Å²) in [6.45, 7) is 5.36. The van der Waals surface area contributed by atoms with Crippen LogP contribution in [-0.2, 0) is 13.0 Å². The molecule has 3 rings (SSSR count). The Bertz CT molecular complexity index is 560. The van der Waals surface area contributed by atoms with Crippen LogP contribution >= 0.6 is 0 Å². The highest BCUT2D eigenvalue weighted by Crippen LogP contribution is 2.29. The Morgan fingerprint density at radius 3 is 2.55 bits per heavy atom. The van der Waals surface area contributed by atoms with Gasteiger partial charge in [-0.05, 0) is 36.1 Å². The van der Waals surface area contributed by atoms with E-state index in [1.165, 1.54) is 28.9 Å². The number of para-hydroxylation sites is 2. The zero-order valence-electron chi connectivity index (χ0n) is 12.1. The molecule has 2 aromatic rings. The standard InChI is InChI=1S/C18H22N2/c1-2-15-8-10-16(11-9-15)14-20-13-5-12-19-17-6-3-4-7-18(17)20/h3-4,6-11,19H,2,5,12-14H2,1H3. The van der Waals surface area contributed by atoms with Crippen molar-refractivity contribution in [3.05, 3.63) is 59.7 Å². The first kappa shape index (κ1) is 13.0. The lowest BCUT2D eigenvalue weighted by molar-refractivity contribution is 0.764. The molecule has 0 spiro atoms. The molecule has 0 unspecified atom stereocenters. The van der Waals surface area contributed by atoms with Crippen molar-refractivity contribution in [3.8, 4) is 0 Å². The Morgan fingerprint density at radius 2 is 1.75 bits per heavy atom. The third-order valence-corrected chi connectivity index (χ3v) is 3.97. The minimum absolute atomic E-state index is 0.989. The molecule has 0 atom stereocenters. The van der Waals surface area contributed by atoms with Gasteiger partial charge in [0.25, 0.3) is 0 Å². The topological polar surface area (TPSA) is 15.3 Å². The monoisotopic (exact) mass is 266 g/mol. The van der Waals surface area contributed by atoms with Gasteiger partial charge in [0, 0.05) is 19.6 Å². The van der Waals surface area contributed by atoms with Crippen LogP contribution in [0.4, 0.5) is 11.4 Å². The molecule has 0 bridgehead atoms. The van der Waals surface area contributed by atoms with Crippen molar-refractivity contribution in [1.82, 2.24) is 0 Å². The van der Waals surface area contributed by atoms with E-state index in [4.69, 9.17) is 0 Å². The van der Waals surface area contributed by atoms with Crippen molar-refractivity contribution in [1.29, 1.82) is 0 Å². The Labute approximate surface area is 121 Å². The second-order valence-corrected chi connectivity index (χ2v) is 5.39. The van der Waals surface area contributed by atoms with Crippen LogP contribution in [0.2, 0.25) is 0 Å². The quantitative estimate of drug-likeness (QED) is 0.901. The molecule has 2 heteroatoms. The van der Waals surface area contributed by atoms with Crippen LogP contribution in [0.5, 0.6) is 0 Å². The van der Waals surface area contributed by atoms with Crippen molar-refractivity contribution in [2.24, 2.45) is 0 Å². The number of aryl methyl sites for hydroxylation is 1. The van der Waals surface area contributed by atoms with Gasteiger partial charge in [-0.2, -0.15) is 0 Å². The van der Waals surface area contributed by atoms with E-state index in [1.807, 2.05) is 0 Å². The van der Waals surface area contributed by atoms with E-state index in [2.05, 4.69) is 65.7 Å². The van der Waals surface area contributed by atoms with Gasteiger partial charge in [0.05, 0.1) is 11.4 Å². The summed E-state index contributed by atoms with van der Waals surface area (Å²) < 4.78 is 0. The van der Waals surface area contributed by atoms with Gasteiger partial charge in [-0.3, -0.25) is 0 Å². The maximum atomic E-state index is 3.52. The summed E-state index contributed by atoms with van der Waals surface area (Å²) in [4.78, 5) is 2.48. The summed E-state index contributed by atoms with van der Waals surface area (Å²) >= 11 is 0. The fourth-order valence-electron chi connectivity index (χ4n) is 2.78. The molecule has 0 saturated carbocycles. The van der Waals surface area contributed by atoms with Gasteiger partial charge >= 0.3 is 0 Å². The van der Waals surface area contributed by atoms with Gasteiger partial charge in [0.2, 0.25) is 0 Å². The largest absolute Gasteiger partial charge is 0.383 e. The van der Waals surface area contributed by atoms with Crippen molar-refractivity contribution in [3.63, 3.8) is 0 Å². The summed E-state index contributed by atoms with van der Waals surface area (Å²) in [5.41, 5.74) is 5.38. The molecular weight excluding hydrogens is 244 g/mol. The molecule has 0 amide bonds. The van der Waals surface area contributed by atoms with E-state index in [1.54, 1.807) is 0 Å². The molecule has 104 valence electrons. The fraction of sp³-hybridized carbons (Fsp3) is 0.333. The first-order valence-corrected chi connectivity index (χ1v) is 7.52. The van der Waals surface area contributed by atoms with Crippen LogP contribution in [0.15, 0.2) is 48.5 Å². The van der Waals surface area contributed by atoms with Crippen molar-refractivity contribution in [2.75, 3.05) is 23.3 Å². The molecule has 0 aliphatic carbocycles. The van der Waals surface area contributed by atoms with E-state index < -0.39 is 0 Å². The lowest BCUT2D eigenvalue weighted by atomic mass is 10.1. The van der Waals surface area contributed by atoms with Crippen molar-refractivity contribution in [2.45, 2.75) is 26.3 Å². The Kier molecular flexibility index (Phi) is 3.91. The SMILES string of the molecule is CCc1ccc(CN2CCCNc3ccccc32)cc1. The number of hydrogen-bond acceptors (Lipinski definition) is 2. The predicted molar refractivity (Wildman–Crippen MR) is 86.4 cm³/mol. The summed E-state index contributed by atoms with van der Waals surface area (Å²) in [6, 6.07) is 17.6. The summed E-state index contributed by atoms with van der Waals surface area (Å²) in [5, 5.41) is 3.52. The highest BCUT2D eigenvalue weighted by atomic mass is 15.2. The zero-order chi connectivity index (χ0) is 13.8. The van der Waals surface area contributed by atoms with Crippen LogP contribution in [-0.4, -0.2) is 13.1 Å². The molecule has 0 fully saturated rings. The molecule has 2 nitrogen and oxygen atoms in total. The van der Waals surface area contributed by atoms with Crippen molar-refractivity contribution < 1.29 is 0 Å². The number of benzene rings is 2. The summed E-state index contributed by atoms with van der Waals surface area (Å²) in [5.74, 6) is 0. The average Bonchev–Trinajstić information content (AvgIpc) is 2.71. The molecule has 0 saturated heterocycles. The number of rotatable bonds is 3. The summed E-state index contributed by atoms with van der Waals surface area (Å²) in [7, 11) is 0. The van der Waals surface area contributed by atoms with Gasteiger partial charge in [-0.25, -0.2) is 0 Å².